The minimum Gasteiger partial charge on any atom is -0.469 e. The van der Waals surface area contributed by atoms with Crippen molar-refractivity contribution < 1.29 is 33.7 Å². The van der Waals surface area contributed by atoms with Gasteiger partial charge in [0.2, 0.25) is 0 Å². The number of Topliss-reactive ketones (excluding diaryl/α,β-unsaturated/α-hetero) is 1. The summed E-state index contributed by atoms with van der Waals surface area (Å²) < 4.78 is 22.2. The molecule has 3 saturated carbocycles. The number of aliphatic hydroxyl groups excluding tert-OH is 1. The summed E-state index contributed by atoms with van der Waals surface area (Å²) in [5.74, 6) is -2.99. The van der Waals surface area contributed by atoms with E-state index in [4.69, 9.17) is 4.74 Å². The number of esters is 1. The Morgan fingerprint density at radius 3 is 2.64 bits per heavy atom. The summed E-state index contributed by atoms with van der Waals surface area (Å²) in [5, 5.41) is 23.3. The Morgan fingerprint density at radius 1 is 1.30 bits per heavy atom. The molecule has 1 unspecified atom stereocenters. The van der Waals surface area contributed by atoms with Crippen molar-refractivity contribution in [1.82, 2.24) is 0 Å². The van der Waals surface area contributed by atoms with Crippen LogP contribution in [0.4, 0.5) is 4.39 Å². The standard InChI is InChI=1S/C25H33FO6S/c1-5-33-13-20(29)25(31)18(21(30)32-4)11-17-16-7-6-14-10-15(27)8-9-22(14,2)24(16,26)19(28)12-23(17,25)3/h8-10,16-19,28,31H,5-7,11-13H2,1-4H3/t16-,17-,18?,19-,22-,23-,24-,25-/m0/s1. The Bertz CT molecular complexity index is 947. The lowest BCUT2D eigenvalue weighted by Crippen LogP contribution is -2.69. The van der Waals surface area contributed by atoms with E-state index >= 15 is 4.39 Å². The normalized spacial score (nSPS) is 46.2. The number of carbonyl (C=O) groups is 3. The zero-order valence-corrected chi connectivity index (χ0v) is 20.4. The molecule has 0 aromatic carbocycles. The first kappa shape index (κ1) is 24.6. The number of hydrogen-bond acceptors (Lipinski definition) is 7. The van der Waals surface area contributed by atoms with Gasteiger partial charge in [0.25, 0.3) is 0 Å². The van der Waals surface area contributed by atoms with Crippen LogP contribution in [0.15, 0.2) is 23.8 Å². The predicted molar refractivity (Wildman–Crippen MR) is 122 cm³/mol. The van der Waals surface area contributed by atoms with Gasteiger partial charge in [-0.1, -0.05) is 25.5 Å². The summed E-state index contributed by atoms with van der Waals surface area (Å²) in [6, 6.07) is 0. The van der Waals surface area contributed by atoms with E-state index in [9.17, 15) is 24.6 Å². The Morgan fingerprint density at radius 2 is 2.00 bits per heavy atom. The molecule has 0 aliphatic heterocycles. The Labute approximate surface area is 198 Å². The van der Waals surface area contributed by atoms with E-state index < -0.39 is 57.7 Å². The van der Waals surface area contributed by atoms with Gasteiger partial charge in [-0.3, -0.25) is 14.4 Å². The van der Waals surface area contributed by atoms with Crippen molar-refractivity contribution in [3.05, 3.63) is 23.8 Å². The van der Waals surface area contributed by atoms with Crippen LogP contribution in [0.5, 0.6) is 0 Å². The molecule has 0 aromatic heterocycles. The maximum absolute atomic E-state index is 17.2. The minimum absolute atomic E-state index is 0.0276. The second kappa shape index (κ2) is 8.02. The third-order valence-corrected chi connectivity index (χ3v) is 10.1. The highest BCUT2D eigenvalue weighted by atomic mass is 32.2. The summed E-state index contributed by atoms with van der Waals surface area (Å²) in [4.78, 5) is 38.1. The third kappa shape index (κ3) is 3.02. The lowest BCUT2D eigenvalue weighted by atomic mass is 9.44. The highest BCUT2D eigenvalue weighted by Gasteiger charge is 2.77. The molecule has 8 heteroatoms. The van der Waals surface area contributed by atoms with Gasteiger partial charge in [0.15, 0.2) is 17.2 Å². The molecule has 0 aromatic rings. The van der Waals surface area contributed by atoms with Gasteiger partial charge in [-0.05, 0) is 56.4 Å². The Balaban J connectivity index is 1.83. The van der Waals surface area contributed by atoms with Crippen LogP contribution >= 0.6 is 11.8 Å². The summed E-state index contributed by atoms with van der Waals surface area (Å²) in [7, 11) is 1.22. The largest absolute Gasteiger partial charge is 0.469 e. The van der Waals surface area contributed by atoms with Crippen molar-refractivity contribution in [1.29, 1.82) is 0 Å². The molecule has 33 heavy (non-hydrogen) atoms. The van der Waals surface area contributed by atoms with Gasteiger partial charge in [0, 0.05) is 16.7 Å². The second-order valence-electron chi connectivity index (χ2n) is 10.4. The fourth-order valence-corrected chi connectivity index (χ4v) is 8.09. The molecule has 182 valence electrons. The average Bonchev–Trinajstić information content (AvgIpc) is 3.01. The second-order valence-corrected chi connectivity index (χ2v) is 11.7. The SMILES string of the molecule is CCSCC(=O)[C@@]1(O)C(C(=O)OC)C[C@H]2[C@@H]3CCC4=CC(=O)C=C[C@]4(C)[C@@]3(F)[C@@H](O)C[C@@]21C. The van der Waals surface area contributed by atoms with Crippen LogP contribution in [-0.2, 0) is 19.1 Å². The number of halogens is 1. The predicted octanol–water partition coefficient (Wildman–Crippen LogP) is 2.81. The van der Waals surface area contributed by atoms with Gasteiger partial charge < -0.3 is 14.9 Å². The minimum atomic E-state index is -2.09. The van der Waals surface area contributed by atoms with Gasteiger partial charge in [0.1, 0.15) is 5.60 Å². The van der Waals surface area contributed by atoms with Crippen molar-refractivity contribution in [2.24, 2.45) is 28.6 Å². The van der Waals surface area contributed by atoms with Gasteiger partial charge in [-0.2, -0.15) is 11.8 Å². The number of ether oxygens (including phenoxy) is 1. The molecule has 4 aliphatic rings. The summed E-state index contributed by atoms with van der Waals surface area (Å²) in [6.07, 6.45) is 3.68. The molecule has 4 aliphatic carbocycles. The molecule has 2 N–H and O–H groups in total. The zero-order valence-electron chi connectivity index (χ0n) is 19.6. The van der Waals surface area contributed by atoms with Crippen molar-refractivity contribution in [3.8, 4) is 0 Å². The highest BCUT2D eigenvalue weighted by molar-refractivity contribution is 7.99. The molecule has 3 fully saturated rings. The van der Waals surface area contributed by atoms with Gasteiger partial charge >= 0.3 is 5.97 Å². The molecule has 8 atom stereocenters. The zero-order chi connectivity index (χ0) is 24.4. The van der Waals surface area contributed by atoms with E-state index in [1.54, 1.807) is 19.9 Å². The quantitative estimate of drug-likeness (QED) is 0.584. The monoisotopic (exact) mass is 480 g/mol. The van der Waals surface area contributed by atoms with Crippen LogP contribution < -0.4 is 0 Å². The fraction of sp³-hybridized carbons (Fsp3) is 0.720. The van der Waals surface area contributed by atoms with Crippen LogP contribution in [-0.4, -0.2) is 63.7 Å². The first-order valence-electron chi connectivity index (χ1n) is 11.6. The van der Waals surface area contributed by atoms with E-state index in [0.29, 0.717) is 24.2 Å². The number of hydrogen-bond donors (Lipinski definition) is 2. The molecular weight excluding hydrogens is 447 g/mol. The number of fused-ring (bicyclic) bond motifs is 5. The molecule has 0 saturated heterocycles. The number of alkyl halides is 1. The van der Waals surface area contributed by atoms with Crippen LogP contribution in [0.2, 0.25) is 0 Å². The molecule has 0 spiro atoms. The van der Waals surface area contributed by atoms with Gasteiger partial charge in [0.05, 0.1) is 24.9 Å². The first-order valence-corrected chi connectivity index (χ1v) is 12.8. The van der Waals surface area contributed by atoms with E-state index in [-0.39, 0.29) is 24.4 Å². The van der Waals surface area contributed by atoms with E-state index in [0.717, 1.165) is 0 Å². The van der Waals surface area contributed by atoms with Crippen molar-refractivity contribution in [3.63, 3.8) is 0 Å². The summed E-state index contributed by atoms with van der Waals surface area (Å²) in [6.45, 7) is 5.32. The summed E-state index contributed by atoms with van der Waals surface area (Å²) in [5.41, 5.74) is -5.85. The van der Waals surface area contributed by atoms with Crippen molar-refractivity contribution in [2.75, 3.05) is 18.6 Å². The number of aliphatic hydroxyl groups is 2. The lowest BCUT2D eigenvalue weighted by Gasteiger charge is -2.62. The molecule has 0 heterocycles. The number of thioether (sulfide) groups is 1. The van der Waals surface area contributed by atoms with Crippen LogP contribution in [0.1, 0.15) is 46.5 Å². The van der Waals surface area contributed by atoms with Gasteiger partial charge in [-0.15, -0.1) is 0 Å². The fourth-order valence-electron chi connectivity index (χ4n) is 7.48. The average molecular weight is 481 g/mol. The summed E-state index contributed by atoms with van der Waals surface area (Å²) >= 11 is 1.35. The topological polar surface area (TPSA) is 101 Å². The smallest absolute Gasteiger partial charge is 0.312 e. The molecule has 0 bridgehead atoms. The third-order valence-electron chi connectivity index (χ3n) is 9.24. The molecule has 6 nitrogen and oxygen atoms in total. The van der Waals surface area contributed by atoms with Crippen LogP contribution in [0.25, 0.3) is 0 Å². The van der Waals surface area contributed by atoms with Crippen LogP contribution in [0.3, 0.4) is 0 Å². The van der Waals surface area contributed by atoms with Crippen molar-refractivity contribution >= 4 is 29.3 Å². The Kier molecular flexibility index (Phi) is 5.98. The van der Waals surface area contributed by atoms with Crippen molar-refractivity contribution in [2.45, 2.75) is 63.8 Å². The Hall–Kier alpha value is -1.51. The molecule has 4 rings (SSSR count). The molecule has 0 radical (unpaired) electrons. The maximum atomic E-state index is 17.2. The highest BCUT2D eigenvalue weighted by Crippen LogP contribution is 2.70. The number of rotatable bonds is 5. The number of methoxy groups -OCH3 is 1. The molecule has 0 amide bonds. The van der Waals surface area contributed by atoms with E-state index in [1.807, 2.05) is 6.92 Å². The van der Waals surface area contributed by atoms with Gasteiger partial charge in [-0.25, -0.2) is 4.39 Å². The maximum Gasteiger partial charge on any atom is 0.312 e. The molecular formula is C25H33FO6S. The number of allylic oxidation sites excluding steroid dienone is 4. The first-order chi connectivity index (χ1) is 15.4. The number of ketones is 2. The van der Waals surface area contributed by atoms with E-state index in [2.05, 4.69) is 0 Å². The van der Waals surface area contributed by atoms with E-state index in [1.165, 1.54) is 31.0 Å². The number of carbonyl (C=O) groups excluding carboxylic acids is 3. The lowest BCUT2D eigenvalue weighted by molar-refractivity contribution is -0.219. The van der Waals surface area contributed by atoms with Crippen LogP contribution in [0, 0.1) is 28.6 Å².